The molecule has 2 heterocycles. The van der Waals surface area contributed by atoms with Crippen molar-refractivity contribution in [3.63, 3.8) is 0 Å². The Morgan fingerprint density at radius 1 is 1.28 bits per heavy atom. The van der Waals surface area contributed by atoms with Gasteiger partial charge in [-0.2, -0.15) is 0 Å². The fraction of sp³-hybridized carbons (Fsp3) is 0.471. The van der Waals surface area contributed by atoms with Crippen LogP contribution < -0.4 is 5.73 Å². The zero-order valence-corrected chi connectivity index (χ0v) is 15.1. The second kappa shape index (κ2) is 8.35. The number of nitrogens with zero attached hydrogens (tertiary/aromatic N) is 4. The van der Waals surface area contributed by atoms with Crippen molar-refractivity contribution in [2.24, 2.45) is 0 Å². The first kappa shape index (κ1) is 17.8. The quantitative estimate of drug-likeness (QED) is 0.787. The molecule has 1 aliphatic rings. The Labute approximate surface area is 151 Å². The van der Waals surface area contributed by atoms with Crippen molar-refractivity contribution in [3.8, 4) is 0 Å². The van der Waals surface area contributed by atoms with E-state index in [4.69, 9.17) is 10.5 Å². The molecule has 7 nitrogen and oxygen atoms in total. The summed E-state index contributed by atoms with van der Waals surface area (Å²) in [7, 11) is 0. The monoisotopic (exact) mass is 361 g/mol. The number of hydrogen-bond donors (Lipinski definition) is 1. The van der Waals surface area contributed by atoms with E-state index >= 15 is 0 Å². The van der Waals surface area contributed by atoms with Gasteiger partial charge in [0, 0.05) is 18.8 Å². The van der Waals surface area contributed by atoms with Crippen LogP contribution in [0.2, 0.25) is 0 Å². The molecule has 0 spiro atoms. The van der Waals surface area contributed by atoms with E-state index < -0.39 is 6.04 Å². The number of ether oxygens (including phenoxy) is 1. The van der Waals surface area contributed by atoms with Crippen LogP contribution in [-0.2, 0) is 16.0 Å². The lowest BCUT2D eigenvalue weighted by Gasteiger charge is -2.30. The molecular weight excluding hydrogens is 338 g/mol. The van der Waals surface area contributed by atoms with Crippen molar-refractivity contribution in [2.45, 2.75) is 24.5 Å². The van der Waals surface area contributed by atoms with E-state index in [1.165, 1.54) is 5.56 Å². The Kier molecular flexibility index (Phi) is 5.93. The van der Waals surface area contributed by atoms with Gasteiger partial charge in [0.05, 0.1) is 13.2 Å². The number of rotatable bonds is 6. The third kappa shape index (κ3) is 4.32. The Hall–Kier alpha value is -2.06. The first-order chi connectivity index (χ1) is 12.2. The maximum Gasteiger partial charge on any atom is 0.245 e. The number of nitrogens with two attached hydrogens (primary N) is 1. The van der Waals surface area contributed by atoms with Gasteiger partial charge in [0.1, 0.15) is 6.04 Å². The maximum atomic E-state index is 12.7. The number of carbonyl (C=O) groups excluding carboxylic acids is 1. The number of nitrogen functional groups attached to an aromatic ring is 1. The van der Waals surface area contributed by atoms with Gasteiger partial charge in [-0.15, -0.1) is 10.2 Å². The van der Waals surface area contributed by atoms with Gasteiger partial charge in [-0.05, 0) is 18.9 Å². The highest BCUT2D eigenvalue weighted by Crippen LogP contribution is 2.25. The average Bonchev–Trinajstić information content (AvgIpc) is 3.02. The van der Waals surface area contributed by atoms with Crippen LogP contribution in [0.4, 0.5) is 5.95 Å². The van der Waals surface area contributed by atoms with Crippen molar-refractivity contribution in [3.05, 3.63) is 35.9 Å². The number of aromatic nitrogens is 3. The number of morpholine rings is 1. The highest BCUT2D eigenvalue weighted by molar-refractivity contribution is 7.99. The van der Waals surface area contributed by atoms with E-state index in [-0.39, 0.29) is 11.9 Å². The number of aryl methyl sites for hydroxylation is 1. The second-order valence-electron chi connectivity index (χ2n) is 5.91. The van der Waals surface area contributed by atoms with Gasteiger partial charge in [-0.25, -0.2) is 0 Å². The smallest absolute Gasteiger partial charge is 0.245 e. The van der Waals surface area contributed by atoms with Crippen molar-refractivity contribution in [1.29, 1.82) is 0 Å². The number of carbonyl (C=O) groups is 1. The lowest BCUT2D eigenvalue weighted by atomic mass is 10.2. The molecule has 8 heteroatoms. The minimum Gasteiger partial charge on any atom is -0.378 e. The Morgan fingerprint density at radius 2 is 2.00 bits per heavy atom. The summed E-state index contributed by atoms with van der Waals surface area (Å²) in [6, 6.07) is 9.85. The average molecular weight is 361 g/mol. The molecule has 1 saturated heterocycles. The molecule has 1 aromatic heterocycles. The van der Waals surface area contributed by atoms with Crippen molar-refractivity contribution in [2.75, 3.05) is 37.8 Å². The zero-order valence-electron chi connectivity index (χ0n) is 14.3. The molecule has 0 radical (unpaired) electrons. The van der Waals surface area contributed by atoms with Crippen LogP contribution >= 0.6 is 11.8 Å². The van der Waals surface area contributed by atoms with Crippen LogP contribution in [0.15, 0.2) is 35.5 Å². The van der Waals surface area contributed by atoms with Crippen LogP contribution in [0.5, 0.6) is 0 Å². The Morgan fingerprint density at radius 3 is 2.72 bits per heavy atom. The van der Waals surface area contributed by atoms with Gasteiger partial charge in [0.25, 0.3) is 0 Å². The van der Waals surface area contributed by atoms with E-state index in [1.54, 1.807) is 16.3 Å². The van der Waals surface area contributed by atoms with Gasteiger partial charge in [-0.3, -0.25) is 9.36 Å². The van der Waals surface area contributed by atoms with Gasteiger partial charge < -0.3 is 15.4 Å². The molecule has 1 aromatic carbocycles. The fourth-order valence-corrected chi connectivity index (χ4v) is 3.82. The molecular formula is C17H23N5O2S. The Bertz CT molecular complexity index is 700. The van der Waals surface area contributed by atoms with Crippen LogP contribution in [0.3, 0.4) is 0 Å². The third-order valence-electron chi connectivity index (χ3n) is 4.22. The number of hydrogen-bond acceptors (Lipinski definition) is 6. The van der Waals surface area contributed by atoms with E-state index in [2.05, 4.69) is 22.3 Å². The lowest BCUT2D eigenvalue weighted by Crippen LogP contribution is -2.43. The van der Waals surface area contributed by atoms with Gasteiger partial charge in [0.2, 0.25) is 11.9 Å². The van der Waals surface area contributed by atoms with Crippen LogP contribution in [-0.4, -0.2) is 57.6 Å². The first-order valence-corrected chi connectivity index (χ1v) is 9.39. The molecule has 0 saturated carbocycles. The summed E-state index contributed by atoms with van der Waals surface area (Å²) in [5, 5.41) is 8.80. The standard InChI is InChI=1S/C17H23N5O2S/c1-13(15(23)21-8-10-24-11-9-21)22-16(18)19-20-17(22)25-12-7-14-5-3-2-4-6-14/h2-6,13H,7-12H2,1H3,(H2,18,19). The molecule has 3 rings (SSSR count). The predicted molar refractivity (Wildman–Crippen MR) is 97.4 cm³/mol. The molecule has 134 valence electrons. The van der Waals surface area contributed by atoms with Crippen molar-refractivity contribution >= 4 is 23.6 Å². The SMILES string of the molecule is CC(C(=O)N1CCOCC1)n1c(N)nnc1SCCc1ccccc1. The topological polar surface area (TPSA) is 86.3 Å². The summed E-state index contributed by atoms with van der Waals surface area (Å²) in [5.74, 6) is 1.15. The second-order valence-corrected chi connectivity index (χ2v) is 6.97. The van der Waals surface area contributed by atoms with Crippen LogP contribution in [0, 0.1) is 0 Å². The molecule has 1 aliphatic heterocycles. The van der Waals surface area contributed by atoms with E-state index in [1.807, 2.05) is 30.0 Å². The molecule has 25 heavy (non-hydrogen) atoms. The molecule has 2 aromatic rings. The zero-order chi connectivity index (χ0) is 17.6. The predicted octanol–water partition coefficient (Wildman–Crippen LogP) is 1.61. The molecule has 1 amide bonds. The first-order valence-electron chi connectivity index (χ1n) is 8.40. The van der Waals surface area contributed by atoms with E-state index in [0.717, 1.165) is 12.2 Å². The summed E-state index contributed by atoms with van der Waals surface area (Å²) in [6.45, 7) is 4.23. The van der Waals surface area contributed by atoms with Crippen LogP contribution in [0.25, 0.3) is 0 Å². The molecule has 0 bridgehead atoms. The van der Waals surface area contributed by atoms with Crippen molar-refractivity contribution < 1.29 is 9.53 Å². The van der Waals surface area contributed by atoms with Gasteiger partial charge >= 0.3 is 0 Å². The third-order valence-corrected chi connectivity index (χ3v) is 5.17. The van der Waals surface area contributed by atoms with Crippen LogP contribution in [0.1, 0.15) is 18.5 Å². The fourth-order valence-electron chi connectivity index (χ4n) is 2.81. The normalized spacial score (nSPS) is 16.0. The minimum atomic E-state index is -0.424. The number of amides is 1. The molecule has 0 aliphatic carbocycles. The maximum absolute atomic E-state index is 12.7. The lowest BCUT2D eigenvalue weighted by molar-refractivity contribution is -0.138. The highest BCUT2D eigenvalue weighted by atomic mass is 32.2. The summed E-state index contributed by atoms with van der Waals surface area (Å²) < 4.78 is 7.04. The van der Waals surface area contributed by atoms with Gasteiger partial charge in [-0.1, -0.05) is 42.1 Å². The van der Waals surface area contributed by atoms with Crippen molar-refractivity contribution in [1.82, 2.24) is 19.7 Å². The summed E-state index contributed by atoms with van der Waals surface area (Å²) in [5.41, 5.74) is 7.24. The number of anilines is 1. The minimum absolute atomic E-state index is 0.0275. The molecule has 2 N–H and O–H groups in total. The molecule has 1 fully saturated rings. The molecule has 1 unspecified atom stereocenters. The van der Waals surface area contributed by atoms with E-state index in [9.17, 15) is 4.79 Å². The summed E-state index contributed by atoms with van der Waals surface area (Å²) in [4.78, 5) is 14.5. The Balaban J connectivity index is 1.65. The van der Waals surface area contributed by atoms with Gasteiger partial charge in [0.15, 0.2) is 5.16 Å². The summed E-state index contributed by atoms with van der Waals surface area (Å²) in [6.07, 6.45) is 0.921. The largest absolute Gasteiger partial charge is 0.378 e. The number of benzene rings is 1. The number of thioether (sulfide) groups is 1. The highest BCUT2D eigenvalue weighted by Gasteiger charge is 2.27. The molecule has 1 atom stereocenters. The summed E-state index contributed by atoms with van der Waals surface area (Å²) >= 11 is 1.57. The van der Waals surface area contributed by atoms with E-state index in [0.29, 0.717) is 31.5 Å².